The van der Waals surface area contributed by atoms with Crippen LogP contribution in [0.15, 0.2) is 0 Å². The van der Waals surface area contributed by atoms with Gasteiger partial charge in [0.15, 0.2) is 0 Å². The van der Waals surface area contributed by atoms with Crippen molar-refractivity contribution in [3.8, 4) is 0 Å². The van der Waals surface area contributed by atoms with Gasteiger partial charge < -0.3 is 4.90 Å². The molecule has 0 aromatic heterocycles. The van der Waals surface area contributed by atoms with Crippen LogP contribution in [-0.4, -0.2) is 45.1 Å². The van der Waals surface area contributed by atoms with Crippen LogP contribution in [0.2, 0.25) is 0 Å². The number of urea groups is 1. The highest BCUT2D eigenvalue weighted by atomic mass is 32.1. The zero-order chi connectivity index (χ0) is 12.7. The van der Waals surface area contributed by atoms with Gasteiger partial charge in [-0.15, -0.1) is 0 Å². The molecule has 4 nitrogen and oxygen atoms in total. The molecule has 1 atom stereocenters. The summed E-state index contributed by atoms with van der Waals surface area (Å²) in [5.41, 5.74) is -1.21. The van der Waals surface area contributed by atoms with Crippen LogP contribution in [0, 0.1) is 0 Å². The molecule has 5 heteroatoms. The van der Waals surface area contributed by atoms with Crippen LogP contribution in [0.1, 0.15) is 34.6 Å². The van der Waals surface area contributed by atoms with Crippen molar-refractivity contribution < 1.29 is 9.59 Å². The Kier molecular flexibility index (Phi) is 3.29. The average Bonchev–Trinajstić information content (AvgIpc) is 2.34. The van der Waals surface area contributed by atoms with Crippen molar-refractivity contribution in [3.63, 3.8) is 0 Å². The molecular weight excluding hydrogens is 224 g/mol. The van der Waals surface area contributed by atoms with Crippen LogP contribution in [0.4, 0.5) is 4.79 Å². The van der Waals surface area contributed by atoms with Crippen molar-refractivity contribution in [2.75, 3.05) is 12.3 Å². The molecule has 92 valence electrons. The molecule has 1 aliphatic heterocycles. The SMILES string of the molecule is CCN1C(=O)N(C(C)(C)C)C(C)(CS)C1=O. The number of nitrogens with zero attached hydrogens (tertiary/aromatic N) is 2. The van der Waals surface area contributed by atoms with Crippen LogP contribution in [-0.2, 0) is 4.79 Å². The number of thiol groups is 1. The molecule has 0 aromatic carbocycles. The standard InChI is InChI=1S/C11H20N2O2S/c1-6-12-8(14)11(5,7-16)13(9(12)15)10(2,3)4/h16H,6-7H2,1-5H3. The summed E-state index contributed by atoms with van der Waals surface area (Å²) >= 11 is 4.23. The van der Waals surface area contributed by atoms with E-state index in [1.165, 1.54) is 4.90 Å². The van der Waals surface area contributed by atoms with E-state index >= 15 is 0 Å². The molecule has 0 aliphatic carbocycles. The molecule has 1 fully saturated rings. The van der Waals surface area contributed by atoms with Gasteiger partial charge in [-0.3, -0.25) is 9.69 Å². The van der Waals surface area contributed by atoms with Gasteiger partial charge in [-0.25, -0.2) is 4.79 Å². The number of hydrogen-bond acceptors (Lipinski definition) is 3. The third-order valence-corrected chi connectivity index (χ3v) is 3.53. The van der Waals surface area contributed by atoms with Crippen molar-refractivity contribution in [1.82, 2.24) is 9.80 Å². The second kappa shape index (κ2) is 3.95. The first-order chi connectivity index (χ1) is 7.20. The molecule has 0 aromatic rings. The van der Waals surface area contributed by atoms with Crippen molar-refractivity contribution in [1.29, 1.82) is 0 Å². The molecule has 1 saturated heterocycles. The number of likely N-dealkylation sites (N-methyl/N-ethyl adjacent to an activating group) is 1. The van der Waals surface area contributed by atoms with Crippen molar-refractivity contribution in [2.45, 2.75) is 45.7 Å². The van der Waals surface area contributed by atoms with Gasteiger partial charge in [-0.2, -0.15) is 12.6 Å². The van der Waals surface area contributed by atoms with E-state index in [1.54, 1.807) is 18.7 Å². The Hall–Kier alpha value is -0.710. The number of amides is 3. The second-order valence-electron chi connectivity index (χ2n) is 5.27. The highest BCUT2D eigenvalue weighted by molar-refractivity contribution is 7.80. The summed E-state index contributed by atoms with van der Waals surface area (Å²) in [6, 6.07) is -0.212. The minimum atomic E-state index is -0.825. The van der Waals surface area contributed by atoms with E-state index in [0.717, 1.165) is 0 Å². The fraction of sp³-hybridized carbons (Fsp3) is 0.818. The fourth-order valence-electron chi connectivity index (χ4n) is 2.25. The van der Waals surface area contributed by atoms with Gasteiger partial charge in [-0.1, -0.05) is 0 Å². The summed E-state index contributed by atoms with van der Waals surface area (Å²) in [4.78, 5) is 27.3. The average molecular weight is 244 g/mol. The van der Waals surface area contributed by atoms with Gasteiger partial charge in [0.25, 0.3) is 5.91 Å². The summed E-state index contributed by atoms with van der Waals surface area (Å²) < 4.78 is 0. The highest BCUT2D eigenvalue weighted by Gasteiger charge is 2.56. The monoisotopic (exact) mass is 244 g/mol. The first-order valence-corrected chi connectivity index (χ1v) is 6.10. The van der Waals surface area contributed by atoms with E-state index in [9.17, 15) is 9.59 Å². The molecule has 0 bridgehead atoms. The van der Waals surface area contributed by atoms with E-state index < -0.39 is 5.54 Å². The van der Waals surface area contributed by atoms with Crippen molar-refractivity contribution in [3.05, 3.63) is 0 Å². The third-order valence-electron chi connectivity index (χ3n) is 2.92. The van der Waals surface area contributed by atoms with Crippen LogP contribution in [0.5, 0.6) is 0 Å². The van der Waals surface area contributed by atoms with Crippen LogP contribution < -0.4 is 0 Å². The maximum Gasteiger partial charge on any atom is 0.328 e. The Morgan fingerprint density at radius 1 is 1.31 bits per heavy atom. The van der Waals surface area contributed by atoms with Crippen LogP contribution in [0.25, 0.3) is 0 Å². The van der Waals surface area contributed by atoms with E-state index in [2.05, 4.69) is 12.6 Å². The minimum Gasteiger partial charge on any atom is -0.304 e. The van der Waals surface area contributed by atoms with Gasteiger partial charge in [0.2, 0.25) is 0 Å². The fourth-order valence-corrected chi connectivity index (χ4v) is 2.53. The van der Waals surface area contributed by atoms with Gasteiger partial charge in [0.1, 0.15) is 5.54 Å². The summed E-state index contributed by atoms with van der Waals surface area (Å²) in [6.07, 6.45) is 0. The number of carbonyl (C=O) groups is 2. The zero-order valence-corrected chi connectivity index (χ0v) is 11.5. The first kappa shape index (κ1) is 13.4. The van der Waals surface area contributed by atoms with Crippen LogP contribution in [0.3, 0.4) is 0 Å². The molecule has 0 saturated carbocycles. The Labute approximate surface area is 102 Å². The van der Waals surface area contributed by atoms with Gasteiger partial charge in [0.05, 0.1) is 0 Å². The minimum absolute atomic E-state index is 0.148. The zero-order valence-electron chi connectivity index (χ0n) is 10.6. The number of rotatable bonds is 2. The molecule has 1 aliphatic rings. The first-order valence-electron chi connectivity index (χ1n) is 5.47. The molecule has 16 heavy (non-hydrogen) atoms. The molecule has 1 unspecified atom stereocenters. The van der Waals surface area contributed by atoms with Gasteiger partial charge >= 0.3 is 6.03 Å². The molecular formula is C11H20N2O2S. The topological polar surface area (TPSA) is 40.6 Å². The van der Waals surface area contributed by atoms with Gasteiger partial charge in [-0.05, 0) is 34.6 Å². The smallest absolute Gasteiger partial charge is 0.304 e. The Morgan fingerprint density at radius 2 is 1.81 bits per heavy atom. The Morgan fingerprint density at radius 3 is 2.06 bits per heavy atom. The maximum atomic E-state index is 12.2. The van der Waals surface area contributed by atoms with E-state index in [1.807, 2.05) is 20.8 Å². The normalized spacial score (nSPS) is 26.9. The largest absolute Gasteiger partial charge is 0.328 e. The second-order valence-corrected chi connectivity index (χ2v) is 5.59. The van der Waals surface area contributed by atoms with E-state index in [4.69, 9.17) is 0 Å². The summed E-state index contributed by atoms with van der Waals surface area (Å²) in [6.45, 7) is 9.78. The Balaban J connectivity index is 3.26. The number of hydrogen-bond donors (Lipinski definition) is 1. The predicted molar refractivity (Wildman–Crippen MR) is 66.6 cm³/mol. The lowest BCUT2D eigenvalue weighted by Crippen LogP contribution is -2.56. The van der Waals surface area contributed by atoms with Gasteiger partial charge in [0, 0.05) is 17.8 Å². The summed E-state index contributed by atoms with van der Waals surface area (Å²) in [5.74, 6) is 0.190. The predicted octanol–water partition coefficient (Wildman–Crippen LogP) is 1.76. The number of imide groups is 1. The molecule has 3 amide bonds. The molecule has 1 heterocycles. The third kappa shape index (κ3) is 1.71. The lowest BCUT2D eigenvalue weighted by Gasteiger charge is -2.40. The lowest BCUT2D eigenvalue weighted by atomic mass is 9.96. The molecule has 0 spiro atoms. The number of carbonyl (C=O) groups excluding carboxylic acids is 2. The van der Waals surface area contributed by atoms with Crippen molar-refractivity contribution >= 4 is 24.6 Å². The van der Waals surface area contributed by atoms with E-state index in [-0.39, 0.29) is 17.5 Å². The summed E-state index contributed by atoms with van der Waals surface area (Å²) in [7, 11) is 0. The maximum absolute atomic E-state index is 12.2. The highest BCUT2D eigenvalue weighted by Crippen LogP contribution is 2.35. The summed E-state index contributed by atoms with van der Waals surface area (Å²) in [5, 5.41) is 0. The van der Waals surface area contributed by atoms with Crippen molar-refractivity contribution in [2.24, 2.45) is 0 Å². The Bertz CT molecular complexity index is 324. The molecule has 1 rings (SSSR count). The van der Waals surface area contributed by atoms with E-state index in [0.29, 0.717) is 12.3 Å². The quantitative estimate of drug-likeness (QED) is 0.594. The molecule has 0 radical (unpaired) electrons. The molecule has 0 N–H and O–H groups in total. The lowest BCUT2D eigenvalue weighted by molar-refractivity contribution is -0.132. The van der Waals surface area contributed by atoms with Crippen LogP contribution >= 0.6 is 12.6 Å².